The zero-order valence-electron chi connectivity index (χ0n) is 17.7. The molecule has 0 bridgehead atoms. The lowest BCUT2D eigenvalue weighted by molar-refractivity contribution is -0.124. The van der Waals surface area contributed by atoms with Gasteiger partial charge in [-0.2, -0.15) is 0 Å². The van der Waals surface area contributed by atoms with Gasteiger partial charge < -0.3 is 14.8 Å². The highest BCUT2D eigenvalue weighted by molar-refractivity contribution is 9.10. The van der Waals surface area contributed by atoms with Gasteiger partial charge in [0.2, 0.25) is 0 Å². The number of nitrogens with zero attached hydrogens (tertiary/aromatic N) is 1. The first kappa shape index (κ1) is 23.1. The molecule has 32 heavy (non-hydrogen) atoms. The molecule has 0 radical (unpaired) electrons. The van der Waals surface area contributed by atoms with Crippen LogP contribution in [0.4, 0.5) is 0 Å². The van der Waals surface area contributed by atoms with Crippen molar-refractivity contribution in [3.63, 3.8) is 0 Å². The molecule has 1 saturated carbocycles. The van der Waals surface area contributed by atoms with Crippen molar-refractivity contribution >= 4 is 56.8 Å². The van der Waals surface area contributed by atoms with Gasteiger partial charge in [-0.05, 0) is 82.5 Å². The van der Waals surface area contributed by atoms with E-state index in [2.05, 4.69) is 21.2 Å². The second-order valence-corrected chi connectivity index (χ2v) is 9.58. The topological polar surface area (TPSA) is 50.8 Å². The summed E-state index contributed by atoms with van der Waals surface area (Å²) in [5.41, 5.74) is 2.27. The van der Waals surface area contributed by atoms with E-state index in [1.54, 1.807) is 18.1 Å². The number of halogens is 2. The van der Waals surface area contributed by atoms with Gasteiger partial charge >= 0.3 is 0 Å². The predicted molar refractivity (Wildman–Crippen MR) is 134 cm³/mol. The number of amides is 1. The van der Waals surface area contributed by atoms with Crippen LogP contribution in [-0.2, 0) is 11.4 Å². The Labute approximate surface area is 206 Å². The summed E-state index contributed by atoms with van der Waals surface area (Å²) in [5.74, 6) is 1.09. The third-order valence-electron chi connectivity index (χ3n) is 5.71. The largest absolute Gasteiger partial charge is 0.493 e. The van der Waals surface area contributed by atoms with E-state index < -0.39 is 0 Å². The van der Waals surface area contributed by atoms with Gasteiger partial charge in [0, 0.05) is 11.1 Å². The Kier molecular flexibility index (Phi) is 7.38. The van der Waals surface area contributed by atoms with Crippen molar-refractivity contribution in [3.8, 4) is 11.5 Å². The molecular weight excluding hydrogens is 512 g/mol. The molecule has 1 heterocycles. The van der Waals surface area contributed by atoms with E-state index in [1.807, 2.05) is 36.4 Å². The number of nitrogens with one attached hydrogen (secondary N) is 1. The van der Waals surface area contributed by atoms with Crippen LogP contribution in [0.5, 0.6) is 11.5 Å². The van der Waals surface area contributed by atoms with E-state index in [4.69, 9.17) is 33.3 Å². The van der Waals surface area contributed by atoms with Crippen LogP contribution < -0.4 is 14.8 Å². The number of hydrogen-bond acceptors (Lipinski definition) is 4. The van der Waals surface area contributed by atoms with E-state index in [-0.39, 0.29) is 11.9 Å². The number of carbonyl (C=O) groups excluding carboxylic acids is 1. The fourth-order valence-electron chi connectivity index (χ4n) is 4.09. The SMILES string of the molecule is COc1cc(/C=C2\NC(=S)N(C3CCCCC3)C2=O)cc(Br)c1OCc1ccc(Cl)cc1. The van der Waals surface area contributed by atoms with Gasteiger partial charge in [-0.15, -0.1) is 0 Å². The summed E-state index contributed by atoms with van der Waals surface area (Å²) in [6.45, 7) is 0.372. The number of carbonyl (C=O) groups is 1. The normalized spacial score (nSPS) is 18.2. The number of hydrogen-bond donors (Lipinski definition) is 1. The molecule has 0 unspecified atom stereocenters. The second kappa shape index (κ2) is 10.2. The molecule has 8 heteroatoms. The van der Waals surface area contributed by atoms with E-state index in [0.29, 0.717) is 33.9 Å². The summed E-state index contributed by atoms with van der Waals surface area (Å²) in [6.07, 6.45) is 7.30. The molecule has 5 nitrogen and oxygen atoms in total. The first-order valence-electron chi connectivity index (χ1n) is 10.6. The molecular formula is C24H24BrClN2O3S. The number of thiocarbonyl (C=S) groups is 1. The molecule has 2 aromatic rings. The molecule has 1 N–H and O–H groups in total. The van der Waals surface area contributed by atoms with Gasteiger partial charge in [0.15, 0.2) is 16.6 Å². The summed E-state index contributed by atoms with van der Waals surface area (Å²) < 4.78 is 12.3. The van der Waals surface area contributed by atoms with Gasteiger partial charge in [-0.25, -0.2) is 0 Å². The molecule has 168 valence electrons. The third kappa shape index (κ3) is 5.11. The van der Waals surface area contributed by atoms with Crippen LogP contribution in [0.1, 0.15) is 43.2 Å². The number of ether oxygens (including phenoxy) is 2. The van der Waals surface area contributed by atoms with Gasteiger partial charge in [-0.1, -0.05) is 43.0 Å². The summed E-state index contributed by atoms with van der Waals surface area (Å²) in [5, 5.41) is 4.26. The molecule has 1 saturated heterocycles. The molecule has 1 aliphatic heterocycles. The summed E-state index contributed by atoms with van der Waals surface area (Å²) in [7, 11) is 1.59. The molecule has 1 amide bonds. The Bertz CT molecular complexity index is 1050. The maximum atomic E-state index is 13.0. The number of benzene rings is 2. The van der Waals surface area contributed by atoms with Crippen molar-refractivity contribution in [2.45, 2.75) is 44.8 Å². The molecule has 1 aliphatic carbocycles. The van der Waals surface area contributed by atoms with E-state index in [9.17, 15) is 4.79 Å². The van der Waals surface area contributed by atoms with Crippen molar-refractivity contribution in [3.05, 3.63) is 62.7 Å². The fourth-order valence-corrected chi connectivity index (χ4v) is 5.13. The average molecular weight is 536 g/mol. The van der Waals surface area contributed by atoms with Gasteiger partial charge in [0.25, 0.3) is 5.91 Å². The monoisotopic (exact) mass is 534 g/mol. The highest BCUT2D eigenvalue weighted by Crippen LogP contribution is 2.38. The Hall–Kier alpha value is -2.09. The van der Waals surface area contributed by atoms with Crippen LogP contribution in [-0.4, -0.2) is 29.1 Å². The van der Waals surface area contributed by atoms with Gasteiger partial charge in [0.05, 0.1) is 11.6 Å². The summed E-state index contributed by atoms with van der Waals surface area (Å²) in [4.78, 5) is 14.8. The van der Waals surface area contributed by atoms with Crippen LogP contribution >= 0.6 is 39.7 Å². The van der Waals surface area contributed by atoms with Gasteiger partial charge in [-0.3, -0.25) is 9.69 Å². The van der Waals surface area contributed by atoms with Crippen LogP contribution in [0.3, 0.4) is 0 Å². The van der Waals surface area contributed by atoms with Crippen molar-refractivity contribution in [2.75, 3.05) is 7.11 Å². The third-order valence-corrected chi connectivity index (χ3v) is 6.85. The Morgan fingerprint density at radius 3 is 2.62 bits per heavy atom. The summed E-state index contributed by atoms with van der Waals surface area (Å²) in [6, 6.07) is 11.4. The number of rotatable bonds is 6. The molecule has 4 rings (SSSR count). The Morgan fingerprint density at radius 2 is 1.94 bits per heavy atom. The standard InChI is InChI=1S/C24H24BrClN2O3S/c1-30-21-13-16(11-19(25)22(21)31-14-15-7-9-17(26)10-8-15)12-20-23(29)28(24(32)27-20)18-5-3-2-4-6-18/h7-13,18H,2-6,14H2,1H3,(H,27,32)/b20-12-. The zero-order valence-corrected chi connectivity index (χ0v) is 20.9. The van der Waals surface area contributed by atoms with E-state index >= 15 is 0 Å². The highest BCUT2D eigenvalue weighted by atomic mass is 79.9. The highest BCUT2D eigenvalue weighted by Gasteiger charge is 2.36. The minimum absolute atomic E-state index is 0.0694. The Morgan fingerprint density at radius 1 is 1.22 bits per heavy atom. The molecule has 0 aromatic heterocycles. The van der Waals surface area contributed by atoms with Crippen LogP contribution in [0.2, 0.25) is 5.02 Å². The molecule has 0 spiro atoms. The van der Waals surface area contributed by atoms with E-state index in [1.165, 1.54) is 6.42 Å². The second-order valence-electron chi connectivity index (χ2n) is 7.90. The smallest absolute Gasteiger partial charge is 0.276 e. The van der Waals surface area contributed by atoms with Crippen LogP contribution in [0, 0.1) is 0 Å². The molecule has 2 fully saturated rings. The lowest BCUT2D eigenvalue weighted by atomic mass is 9.94. The maximum absolute atomic E-state index is 13.0. The fraction of sp³-hybridized carbons (Fsp3) is 0.333. The van der Waals surface area contributed by atoms with Crippen molar-refractivity contribution in [1.82, 2.24) is 10.2 Å². The van der Waals surface area contributed by atoms with Crippen molar-refractivity contribution in [1.29, 1.82) is 0 Å². The molecule has 2 aromatic carbocycles. The van der Waals surface area contributed by atoms with Crippen molar-refractivity contribution < 1.29 is 14.3 Å². The first-order chi connectivity index (χ1) is 15.5. The molecule has 0 atom stereocenters. The van der Waals surface area contributed by atoms with Crippen molar-refractivity contribution in [2.24, 2.45) is 0 Å². The Balaban J connectivity index is 1.53. The lowest BCUT2D eigenvalue weighted by Crippen LogP contribution is -2.41. The van der Waals surface area contributed by atoms with Gasteiger partial charge in [0.1, 0.15) is 12.3 Å². The maximum Gasteiger partial charge on any atom is 0.276 e. The first-order valence-corrected chi connectivity index (χ1v) is 12.1. The van der Waals surface area contributed by atoms with Crippen LogP contribution in [0.15, 0.2) is 46.6 Å². The quantitative estimate of drug-likeness (QED) is 0.359. The number of methoxy groups -OCH3 is 1. The average Bonchev–Trinajstić information content (AvgIpc) is 3.07. The zero-order chi connectivity index (χ0) is 22.7. The summed E-state index contributed by atoms with van der Waals surface area (Å²) >= 11 is 15.0. The molecule has 2 aliphatic rings. The minimum Gasteiger partial charge on any atom is -0.493 e. The van der Waals surface area contributed by atoms with E-state index in [0.717, 1.165) is 41.3 Å². The van der Waals surface area contributed by atoms with Crippen LogP contribution in [0.25, 0.3) is 6.08 Å². The predicted octanol–water partition coefficient (Wildman–Crippen LogP) is 6.08. The lowest BCUT2D eigenvalue weighted by Gasteiger charge is -2.29. The minimum atomic E-state index is -0.0694.